The van der Waals surface area contributed by atoms with Crippen molar-refractivity contribution in [1.82, 2.24) is 10.3 Å². The summed E-state index contributed by atoms with van der Waals surface area (Å²) in [4.78, 5) is 19.5. The molecule has 0 aliphatic carbocycles. The Kier molecular flexibility index (Phi) is 5.25. The third-order valence-electron chi connectivity index (χ3n) is 3.04. The first kappa shape index (κ1) is 15.7. The number of allylic oxidation sites excluding steroid dienone is 2. The average molecular weight is 275 g/mol. The van der Waals surface area contributed by atoms with Gasteiger partial charge in [0.05, 0.1) is 5.71 Å². The first-order chi connectivity index (χ1) is 9.40. The summed E-state index contributed by atoms with van der Waals surface area (Å²) in [5, 5.41) is 5.59. The van der Waals surface area contributed by atoms with Gasteiger partial charge in [0.1, 0.15) is 5.82 Å². The minimum absolute atomic E-state index is 0.586. The number of aryl methyl sites for hydroxylation is 1. The Morgan fingerprint density at radius 1 is 1.40 bits per heavy atom. The number of urea groups is 1. The number of carbonyl (C=O) groups is 1. The van der Waals surface area contributed by atoms with E-state index < -0.39 is 6.03 Å². The second kappa shape index (κ2) is 6.70. The molecule has 0 aliphatic heterocycles. The fourth-order valence-corrected chi connectivity index (χ4v) is 1.94. The van der Waals surface area contributed by atoms with Crippen molar-refractivity contribution in [2.45, 2.75) is 20.8 Å². The Labute approximate surface area is 119 Å². The molecule has 1 rings (SSSR count). The number of nitrogens with zero attached hydrogens (tertiary/aromatic N) is 2. The molecule has 20 heavy (non-hydrogen) atoms. The van der Waals surface area contributed by atoms with Crippen molar-refractivity contribution in [3.05, 3.63) is 34.7 Å². The zero-order valence-corrected chi connectivity index (χ0v) is 12.5. The van der Waals surface area contributed by atoms with Crippen LogP contribution >= 0.6 is 0 Å². The monoisotopic (exact) mass is 275 g/mol. The third-order valence-corrected chi connectivity index (χ3v) is 3.04. The summed E-state index contributed by atoms with van der Waals surface area (Å²) in [5.74, 6) is 0.831. The lowest BCUT2D eigenvalue weighted by molar-refractivity contribution is 0.251. The second-order valence-corrected chi connectivity index (χ2v) is 4.45. The molecule has 1 heterocycles. The lowest BCUT2D eigenvalue weighted by Crippen LogP contribution is -2.29. The number of hydrogen-bond donors (Lipinski definition) is 3. The molecule has 0 bridgehead atoms. The second-order valence-electron chi connectivity index (χ2n) is 4.45. The van der Waals surface area contributed by atoms with Crippen LogP contribution in [-0.4, -0.2) is 30.8 Å². The lowest BCUT2D eigenvalue weighted by atomic mass is 10.0. The minimum atomic E-state index is -0.586. The maximum absolute atomic E-state index is 10.9. The molecule has 6 heteroatoms. The number of nitrogens with two attached hydrogens (primary N) is 1. The molecule has 4 N–H and O–H groups in total. The van der Waals surface area contributed by atoms with E-state index in [1.807, 2.05) is 27.0 Å². The van der Waals surface area contributed by atoms with Gasteiger partial charge in [0.15, 0.2) is 0 Å². The number of amides is 2. The fraction of sp³-hybridized carbons (Fsp3) is 0.357. The van der Waals surface area contributed by atoms with Gasteiger partial charge in [0.25, 0.3) is 0 Å². The van der Waals surface area contributed by atoms with Gasteiger partial charge >= 0.3 is 6.03 Å². The highest BCUT2D eigenvalue weighted by molar-refractivity contribution is 6.12. The quantitative estimate of drug-likeness (QED) is 0.732. The summed E-state index contributed by atoms with van der Waals surface area (Å²) in [5.41, 5.74) is 9.35. The van der Waals surface area contributed by atoms with Crippen LogP contribution in [0.25, 0.3) is 0 Å². The van der Waals surface area contributed by atoms with Gasteiger partial charge in [0.2, 0.25) is 0 Å². The van der Waals surface area contributed by atoms with E-state index in [0.29, 0.717) is 5.70 Å². The van der Waals surface area contributed by atoms with E-state index in [4.69, 9.17) is 5.73 Å². The topological polar surface area (TPSA) is 92.4 Å². The number of primary amides is 1. The minimum Gasteiger partial charge on any atom is -0.373 e. The van der Waals surface area contributed by atoms with E-state index in [0.717, 1.165) is 28.2 Å². The molecule has 0 atom stereocenters. The van der Waals surface area contributed by atoms with Crippen LogP contribution in [-0.2, 0) is 0 Å². The zero-order chi connectivity index (χ0) is 15.3. The number of pyridine rings is 1. The number of hydrogen-bond acceptors (Lipinski definition) is 4. The van der Waals surface area contributed by atoms with Crippen molar-refractivity contribution in [3.63, 3.8) is 0 Å². The number of carbonyl (C=O) groups excluding carboxylic acids is 1. The Morgan fingerprint density at radius 2 is 2.05 bits per heavy atom. The van der Waals surface area contributed by atoms with Gasteiger partial charge in [0, 0.05) is 31.6 Å². The molecule has 0 radical (unpaired) electrons. The SMILES string of the molecule is CN=C(/C(C)=C(\C)NC(N)=O)c1cnc(NC)c(C)c1. The van der Waals surface area contributed by atoms with Gasteiger partial charge in [-0.15, -0.1) is 0 Å². The number of anilines is 1. The molecular formula is C14H21N5O. The summed E-state index contributed by atoms with van der Waals surface area (Å²) < 4.78 is 0. The smallest absolute Gasteiger partial charge is 0.316 e. The van der Waals surface area contributed by atoms with Crippen molar-refractivity contribution >= 4 is 17.6 Å². The molecule has 1 aromatic heterocycles. The molecule has 0 aliphatic rings. The maximum Gasteiger partial charge on any atom is 0.316 e. The number of rotatable bonds is 4. The molecule has 6 nitrogen and oxygen atoms in total. The maximum atomic E-state index is 10.9. The predicted octanol–water partition coefficient (Wildman–Crippen LogP) is 1.81. The van der Waals surface area contributed by atoms with Crippen LogP contribution in [0.3, 0.4) is 0 Å². The standard InChI is InChI=1S/C14H21N5O/c1-8-6-11(7-18-13(8)17-5)12(16-4)9(2)10(3)19-14(15)20/h6-7H,1-5H3,(H,17,18)(H3,15,19,20)/b10-9+,16-12?. The molecular weight excluding hydrogens is 254 g/mol. The van der Waals surface area contributed by atoms with Gasteiger partial charge in [-0.1, -0.05) is 0 Å². The highest BCUT2D eigenvalue weighted by atomic mass is 16.2. The van der Waals surface area contributed by atoms with Crippen molar-refractivity contribution in [2.24, 2.45) is 10.7 Å². The van der Waals surface area contributed by atoms with E-state index in [1.54, 1.807) is 20.2 Å². The van der Waals surface area contributed by atoms with Crippen LogP contribution in [0.1, 0.15) is 25.0 Å². The van der Waals surface area contributed by atoms with Gasteiger partial charge in [-0.3, -0.25) is 4.99 Å². The van der Waals surface area contributed by atoms with Crippen LogP contribution in [0, 0.1) is 6.92 Å². The van der Waals surface area contributed by atoms with Crippen LogP contribution in [0.5, 0.6) is 0 Å². The van der Waals surface area contributed by atoms with Gasteiger partial charge in [-0.05, 0) is 38.0 Å². The van der Waals surface area contributed by atoms with E-state index in [1.165, 1.54) is 0 Å². The van der Waals surface area contributed by atoms with E-state index in [2.05, 4.69) is 20.6 Å². The van der Waals surface area contributed by atoms with Crippen LogP contribution in [0.15, 0.2) is 28.5 Å². The van der Waals surface area contributed by atoms with Crippen LogP contribution < -0.4 is 16.4 Å². The molecule has 1 aromatic rings. The predicted molar refractivity (Wildman–Crippen MR) is 82.1 cm³/mol. The van der Waals surface area contributed by atoms with E-state index in [-0.39, 0.29) is 0 Å². The first-order valence-corrected chi connectivity index (χ1v) is 6.26. The van der Waals surface area contributed by atoms with Crippen LogP contribution in [0.4, 0.5) is 10.6 Å². The van der Waals surface area contributed by atoms with Crippen molar-refractivity contribution in [1.29, 1.82) is 0 Å². The summed E-state index contributed by atoms with van der Waals surface area (Å²) in [6.45, 7) is 5.64. The molecule has 0 unspecified atom stereocenters. The first-order valence-electron chi connectivity index (χ1n) is 6.26. The number of aromatic nitrogens is 1. The van der Waals surface area contributed by atoms with Crippen LogP contribution in [0.2, 0.25) is 0 Å². The Balaban J connectivity index is 3.21. The molecule has 0 saturated heterocycles. The molecule has 0 saturated carbocycles. The average Bonchev–Trinajstić information content (AvgIpc) is 2.38. The van der Waals surface area contributed by atoms with Gasteiger partial charge in [-0.25, -0.2) is 9.78 Å². The third kappa shape index (κ3) is 3.57. The zero-order valence-electron chi connectivity index (χ0n) is 12.5. The molecule has 2 amide bonds. The Bertz CT molecular complexity index is 575. The normalized spacial score (nSPS) is 12.8. The van der Waals surface area contributed by atoms with Crippen molar-refractivity contribution in [2.75, 3.05) is 19.4 Å². The summed E-state index contributed by atoms with van der Waals surface area (Å²) in [7, 11) is 3.54. The summed E-state index contributed by atoms with van der Waals surface area (Å²) >= 11 is 0. The molecule has 108 valence electrons. The number of nitrogens with one attached hydrogen (secondary N) is 2. The number of aliphatic imine (C=N–C) groups is 1. The Morgan fingerprint density at radius 3 is 2.50 bits per heavy atom. The Hall–Kier alpha value is -2.37. The molecule has 0 aromatic carbocycles. The van der Waals surface area contributed by atoms with E-state index in [9.17, 15) is 4.79 Å². The summed E-state index contributed by atoms with van der Waals surface area (Å²) in [6, 6.07) is 1.42. The van der Waals surface area contributed by atoms with Gasteiger partial charge in [-0.2, -0.15) is 0 Å². The van der Waals surface area contributed by atoms with Crippen molar-refractivity contribution in [3.8, 4) is 0 Å². The molecule has 0 fully saturated rings. The highest BCUT2D eigenvalue weighted by Crippen LogP contribution is 2.17. The molecule has 0 spiro atoms. The van der Waals surface area contributed by atoms with E-state index >= 15 is 0 Å². The van der Waals surface area contributed by atoms with Gasteiger partial charge < -0.3 is 16.4 Å². The highest BCUT2D eigenvalue weighted by Gasteiger charge is 2.11. The van der Waals surface area contributed by atoms with Crippen molar-refractivity contribution < 1.29 is 4.79 Å². The fourth-order valence-electron chi connectivity index (χ4n) is 1.94. The largest absolute Gasteiger partial charge is 0.373 e. The lowest BCUT2D eigenvalue weighted by Gasteiger charge is -2.12. The summed E-state index contributed by atoms with van der Waals surface area (Å²) in [6.07, 6.45) is 1.75.